The van der Waals surface area contributed by atoms with E-state index in [1.807, 2.05) is 47.0 Å². The summed E-state index contributed by atoms with van der Waals surface area (Å²) in [7, 11) is 0. The van der Waals surface area contributed by atoms with Crippen molar-refractivity contribution < 1.29 is 0 Å². The van der Waals surface area contributed by atoms with E-state index in [1.165, 1.54) is 215 Å². The minimum Gasteiger partial charge on any atom is -0.310 e. The van der Waals surface area contributed by atoms with Crippen LogP contribution in [0.1, 0.15) is 0 Å². The summed E-state index contributed by atoms with van der Waals surface area (Å²) in [5.41, 5.74) is 35.7. The monoisotopic (exact) mass is 1200 g/mol. The van der Waals surface area contributed by atoms with Crippen LogP contribution in [0, 0.1) is 0 Å². The van der Waals surface area contributed by atoms with Crippen LogP contribution in [0.15, 0.2) is 270 Å². The van der Waals surface area contributed by atoms with Crippen molar-refractivity contribution in [3.05, 3.63) is 231 Å². The Balaban J connectivity index is 0.902. The molecule has 0 spiro atoms. The third-order valence-corrected chi connectivity index (χ3v) is 26.9. The van der Waals surface area contributed by atoms with E-state index in [-0.39, 0.29) is 26.9 Å². The van der Waals surface area contributed by atoms with Crippen molar-refractivity contribution in [3.8, 4) is 28.2 Å². The van der Waals surface area contributed by atoms with E-state index in [2.05, 4.69) is 249 Å². The molecule has 0 fully saturated rings. The minimum absolute atomic E-state index is 0.0231. The van der Waals surface area contributed by atoms with Gasteiger partial charge in [0, 0.05) is 88.2 Å². The molecular weight excluding hydrogens is 1160 g/mol. The molecule has 12 heterocycles. The van der Waals surface area contributed by atoms with Gasteiger partial charge in [0.15, 0.2) is 0 Å². The van der Waals surface area contributed by atoms with Crippen molar-refractivity contribution in [2.24, 2.45) is 0 Å². The molecule has 0 aliphatic carbocycles. The van der Waals surface area contributed by atoms with Crippen LogP contribution in [-0.4, -0.2) is 40.6 Å². The Morgan fingerprint density at radius 3 is 1.26 bits per heavy atom. The fourth-order valence-corrected chi connectivity index (χ4v) is 24.4. The summed E-state index contributed by atoms with van der Waals surface area (Å²) in [4.78, 5) is 13.8. The van der Waals surface area contributed by atoms with E-state index < -0.39 is 0 Å². The van der Waals surface area contributed by atoms with E-state index >= 15 is 0 Å². The topological polar surface area (TPSA) is 18.0 Å². The summed E-state index contributed by atoms with van der Waals surface area (Å²) in [6.07, 6.45) is 0. The standard InChI is InChI=1S/C78H38B4N4S4/c1-2-19-39(20-3-1)83-69-59-44-23-6-12-34-53(44)86-70(59)61(81-48-29-9-15-37-56(48)89-77-65(81)74(86)76-64-72(77)84-51-32-10-4-21-40(51)42-24-17-31-50(67(42)84)80(64)47-28-8-14-36-55(47)88-76)58-45-26-18-38-57-60(45)82(62(58)69)66-71(83)75-63-73(78(66)90-57)85-52-33-11-5-22-41(52)43-25-16-30-49(68(43)85)79(63)46-27-7-13-35-54(46)87-75/h1-38H. The van der Waals surface area contributed by atoms with Gasteiger partial charge in [-0.15, -0.1) is 0 Å². The Labute approximate surface area is 534 Å². The minimum atomic E-state index is -0.0810. The predicted octanol–water partition coefficient (Wildman–Crippen LogP) is 11.6. The van der Waals surface area contributed by atoms with E-state index in [0.29, 0.717) is 0 Å². The van der Waals surface area contributed by atoms with E-state index in [9.17, 15) is 0 Å². The summed E-state index contributed by atoms with van der Waals surface area (Å²) in [6.45, 7) is -0.0302. The highest BCUT2D eigenvalue weighted by Gasteiger charge is 2.57. The van der Waals surface area contributed by atoms with Gasteiger partial charge in [0.1, 0.15) is 0 Å². The van der Waals surface area contributed by atoms with Gasteiger partial charge in [0.05, 0.1) is 50.5 Å². The highest BCUT2D eigenvalue weighted by atomic mass is 32.2. The molecule has 0 amide bonds. The lowest BCUT2D eigenvalue weighted by atomic mass is 9.31. The first kappa shape index (κ1) is 46.8. The van der Waals surface area contributed by atoms with Gasteiger partial charge in [-0.05, 0) is 115 Å². The maximum Gasteiger partial charge on any atom is 0.251 e. The lowest BCUT2D eigenvalue weighted by molar-refractivity contribution is 1.08. The highest BCUT2D eigenvalue weighted by molar-refractivity contribution is 8.01. The lowest BCUT2D eigenvalue weighted by Gasteiger charge is -2.45. The third-order valence-electron chi connectivity index (χ3n) is 22.1. The summed E-state index contributed by atoms with van der Waals surface area (Å²) >= 11 is 8.10. The molecule has 0 radical (unpaired) electrons. The molecule has 4 nitrogen and oxygen atoms in total. The van der Waals surface area contributed by atoms with Crippen LogP contribution >= 0.6 is 47.0 Å². The van der Waals surface area contributed by atoms with Gasteiger partial charge in [0.2, 0.25) is 13.4 Å². The van der Waals surface area contributed by atoms with Crippen LogP contribution in [0.4, 0.5) is 17.1 Å². The Morgan fingerprint density at radius 2 is 0.667 bits per heavy atom. The molecule has 0 saturated carbocycles. The summed E-state index contributed by atoms with van der Waals surface area (Å²) in [5.74, 6) is 0. The average Bonchev–Trinajstić information content (AvgIpc) is 1.38. The second-order valence-corrected chi connectivity index (χ2v) is 30.0. The molecule has 9 aliphatic heterocycles. The van der Waals surface area contributed by atoms with E-state index in [1.54, 1.807) is 0 Å². The van der Waals surface area contributed by atoms with Gasteiger partial charge in [-0.25, -0.2) is 0 Å². The third kappa shape index (κ3) is 5.05. The first-order chi connectivity index (χ1) is 44.8. The van der Waals surface area contributed by atoms with Crippen LogP contribution in [-0.2, 0) is 0 Å². The molecule has 0 saturated heterocycles. The first-order valence-corrected chi connectivity index (χ1v) is 34.7. The van der Waals surface area contributed by atoms with Crippen LogP contribution in [0.3, 0.4) is 0 Å². The van der Waals surface area contributed by atoms with Crippen LogP contribution in [0.5, 0.6) is 0 Å². The number of aromatic nitrogens is 3. The van der Waals surface area contributed by atoms with Crippen molar-refractivity contribution in [1.82, 2.24) is 13.7 Å². The Bertz CT molecular complexity index is 6300. The molecule has 9 aliphatic rings. The molecule has 406 valence electrons. The molecule has 13 aromatic carbocycles. The van der Waals surface area contributed by atoms with Crippen molar-refractivity contribution in [3.63, 3.8) is 0 Å². The quantitative estimate of drug-likeness (QED) is 0.152. The van der Waals surface area contributed by atoms with Gasteiger partial charge in [-0.2, -0.15) is 0 Å². The number of anilines is 3. The zero-order valence-corrected chi connectivity index (χ0v) is 50.9. The van der Waals surface area contributed by atoms with Crippen LogP contribution < -0.4 is 70.5 Å². The molecule has 0 unspecified atom stereocenters. The molecule has 25 rings (SSSR count). The number of para-hydroxylation sites is 6. The zero-order valence-electron chi connectivity index (χ0n) is 47.7. The van der Waals surface area contributed by atoms with Crippen molar-refractivity contribution >= 4 is 222 Å². The summed E-state index contributed by atoms with van der Waals surface area (Å²) in [5, 5.41) is 7.93. The van der Waals surface area contributed by atoms with Gasteiger partial charge in [0.25, 0.3) is 13.4 Å². The van der Waals surface area contributed by atoms with Crippen LogP contribution in [0.2, 0.25) is 0 Å². The van der Waals surface area contributed by atoms with E-state index in [0.717, 1.165) is 0 Å². The first-order valence-electron chi connectivity index (χ1n) is 31.4. The zero-order chi connectivity index (χ0) is 57.4. The normalized spacial score (nSPS) is 15.0. The summed E-state index contributed by atoms with van der Waals surface area (Å²) < 4.78 is 8.29. The van der Waals surface area contributed by atoms with Crippen LogP contribution in [0.25, 0.3) is 93.6 Å². The predicted molar refractivity (Wildman–Crippen MR) is 384 cm³/mol. The van der Waals surface area contributed by atoms with Gasteiger partial charge in [-0.3, -0.25) is 0 Å². The smallest absolute Gasteiger partial charge is 0.251 e. The molecule has 0 N–H and O–H groups in total. The van der Waals surface area contributed by atoms with E-state index in [4.69, 9.17) is 0 Å². The number of benzene rings is 13. The largest absolute Gasteiger partial charge is 0.310 e. The number of rotatable bonds is 1. The maximum atomic E-state index is 2.84. The second-order valence-electron chi connectivity index (χ2n) is 25.8. The maximum absolute atomic E-state index is 2.84. The van der Waals surface area contributed by atoms with Gasteiger partial charge >= 0.3 is 0 Å². The fraction of sp³-hybridized carbons (Fsp3) is 0. The molecule has 3 aromatic heterocycles. The lowest BCUT2D eigenvalue weighted by Crippen LogP contribution is -2.65. The van der Waals surface area contributed by atoms with Crippen molar-refractivity contribution in [2.45, 2.75) is 39.2 Å². The van der Waals surface area contributed by atoms with Crippen molar-refractivity contribution in [2.75, 3.05) is 4.90 Å². The molecular formula is C78H38B4N4S4. The molecule has 90 heavy (non-hydrogen) atoms. The molecule has 12 heteroatoms. The van der Waals surface area contributed by atoms with Crippen molar-refractivity contribution in [1.29, 1.82) is 0 Å². The SMILES string of the molecule is c1ccc(N2c3c4c5c(c6c3B3c7c(cccc7-c7c3c2c2c3ccccc3n3c2c7B2c7ccccc7Sc7c2c-3c2c3c7-n7c8ccccc8c8cccc(c87)B3c3ccccc3S2)S6)-n2c3ccccc3c3cccc(c32)B5c2ccccc2S4)cc1. The number of hydrogen-bond acceptors (Lipinski definition) is 5. The highest BCUT2D eigenvalue weighted by Crippen LogP contribution is 2.58. The fourth-order valence-electron chi connectivity index (χ4n) is 19.2. The molecule has 0 bridgehead atoms. The molecule has 0 atom stereocenters. The van der Waals surface area contributed by atoms with Gasteiger partial charge < -0.3 is 18.6 Å². The average molecular weight is 1200 g/mol. The number of fused-ring (bicyclic) bond motifs is 28. The summed E-state index contributed by atoms with van der Waals surface area (Å²) in [6, 6.07) is 89.5. The second kappa shape index (κ2) is 15.8. The van der Waals surface area contributed by atoms with Gasteiger partial charge in [-0.1, -0.05) is 239 Å². The molecule has 16 aromatic rings. The Morgan fingerprint density at radius 1 is 0.256 bits per heavy atom. The number of nitrogens with zero attached hydrogens (tertiary/aromatic N) is 4. The Hall–Kier alpha value is -9.28. The number of hydrogen-bond donors (Lipinski definition) is 0. The Kier molecular flexibility index (Phi) is 8.22.